The molecule has 0 radical (unpaired) electrons. The van der Waals surface area contributed by atoms with Crippen LogP contribution in [-0.2, 0) is 4.79 Å². The van der Waals surface area contributed by atoms with E-state index in [4.69, 9.17) is 11.0 Å². The molecule has 1 aromatic carbocycles. The number of nitrogen functional groups attached to an aromatic ring is 1. The van der Waals surface area contributed by atoms with E-state index >= 15 is 0 Å². The van der Waals surface area contributed by atoms with Gasteiger partial charge in [0.05, 0.1) is 18.5 Å². The number of likely N-dealkylation sites (N-methyl/N-ethyl adjacent to an activating group) is 2. The zero-order chi connectivity index (χ0) is 14.4. The predicted octanol–water partition coefficient (Wildman–Crippen LogP) is 1.32. The lowest BCUT2D eigenvalue weighted by molar-refractivity contribution is -0.119. The van der Waals surface area contributed by atoms with Gasteiger partial charge in [-0.2, -0.15) is 5.26 Å². The van der Waals surface area contributed by atoms with Gasteiger partial charge in [0.15, 0.2) is 0 Å². The second kappa shape index (κ2) is 6.76. The maximum absolute atomic E-state index is 12.1. The fourth-order valence-corrected chi connectivity index (χ4v) is 1.75. The predicted molar refractivity (Wildman–Crippen MR) is 76.5 cm³/mol. The quantitative estimate of drug-likeness (QED) is 0.810. The van der Waals surface area contributed by atoms with Crippen LogP contribution in [0.3, 0.4) is 0 Å². The van der Waals surface area contributed by atoms with Gasteiger partial charge in [-0.15, -0.1) is 0 Å². The van der Waals surface area contributed by atoms with Gasteiger partial charge in [-0.05, 0) is 38.2 Å². The number of hydrogen-bond donors (Lipinski definition) is 1. The molecule has 0 saturated carbocycles. The molecule has 0 fully saturated rings. The summed E-state index contributed by atoms with van der Waals surface area (Å²) in [6, 6.07) is 9.31. The number of benzene rings is 1. The summed E-state index contributed by atoms with van der Waals surface area (Å²) in [5, 5.41) is 8.75. The summed E-state index contributed by atoms with van der Waals surface area (Å²) >= 11 is 0. The van der Waals surface area contributed by atoms with E-state index in [2.05, 4.69) is 6.07 Å². The number of amides is 1. The number of nitriles is 1. The van der Waals surface area contributed by atoms with Crippen molar-refractivity contribution >= 4 is 17.3 Å². The van der Waals surface area contributed by atoms with Crippen molar-refractivity contribution in [3.63, 3.8) is 0 Å². The van der Waals surface area contributed by atoms with Crippen LogP contribution >= 0.6 is 0 Å². The van der Waals surface area contributed by atoms with Crippen LogP contribution in [0.25, 0.3) is 0 Å². The van der Waals surface area contributed by atoms with E-state index in [1.165, 1.54) is 0 Å². The van der Waals surface area contributed by atoms with Gasteiger partial charge in [0.2, 0.25) is 5.91 Å². The van der Waals surface area contributed by atoms with E-state index in [0.29, 0.717) is 12.2 Å². The van der Waals surface area contributed by atoms with E-state index in [1.54, 1.807) is 24.1 Å². The minimum atomic E-state index is -0.0837. The van der Waals surface area contributed by atoms with Gasteiger partial charge in [0, 0.05) is 25.0 Å². The molecule has 5 heteroatoms. The average molecular weight is 260 g/mol. The first-order valence-electron chi connectivity index (χ1n) is 6.14. The smallest absolute Gasteiger partial charge is 0.240 e. The van der Waals surface area contributed by atoms with Crippen LogP contribution in [0.1, 0.15) is 6.92 Å². The minimum absolute atomic E-state index is 0.0163. The maximum atomic E-state index is 12.1. The van der Waals surface area contributed by atoms with Gasteiger partial charge in [0.25, 0.3) is 0 Å². The summed E-state index contributed by atoms with van der Waals surface area (Å²) in [7, 11) is 3.57. The fourth-order valence-electron chi connectivity index (χ4n) is 1.75. The molecule has 0 aromatic heterocycles. The van der Waals surface area contributed by atoms with Crippen LogP contribution in [0.2, 0.25) is 0 Å². The van der Waals surface area contributed by atoms with Crippen LogP contribution in [0, 0.1) is 17.2 Å². The van der Waals surface area contributed by atoms with Crippen LogP contribution in [0.4, 0.5) is 11.4 Å². The molecule has 0 saturated heterocycles. The molecule has 1 unspecified atom stereocenters. The van der Waals surface area contributed by atoms with Crippen molar-refractivity contribution in [3.05, 3.63) is 24.3 Å². The first-order valence-corrected chi connectivity index (χ1v) is 6.14. The van der Waals surface area contributed by atoms with E-state index in [-0.39, 0.29) is 18.4 Å². The van der Waals surface area contributed by atoms with Crippen LogP contribution in [-0.4, -0.2) is 38.0 Å². The van der Waals surface area contributed by atoms with Crippen LogP contribution in [0.15, 0.2) is 24.3 Å². The van der Waals surface area contributed by atoms with Crippen molar-refractivity contribution in [3.8, 4) is 6.07 Å². The Balaban J connectivity index is 2.58. The number of rotatable bonds is 5. The molecule has 2 N–H and O–H groups in total. The Bertz CT molecular complexity index is 463. The van der Waals surface area contributed by atoms with E-state index in [9.17, 15) is 4.79 Å². The molecule has 0 aliphatic heterocycles. The summed E-state index contributed by atoms with van der Waals surface area (Å²) in [6.07, 6.45) is 0. The summed E-state index contributed by atoms with van der Waals surface area (Å²) in [5.41, 5.74) is 7.09. The van der Waals surface area contributed by atoms with E-state index in [1.807, 2.05) is 31.0 Å². The number of carbonyl (C=O) groups excluding carboxylic acids is 1. The molecule has 5 nitrogen and oxygen atoms in total. The molecule has 102 valence electrons. The molecule has 1 rings (SSSR count). The summed E-state index contributed by atoms with van der Waals surface area (Å²) in [5.74, 6) is -0.1000. The Labute approximate surface area is 114 Å². The normalized spacial score (nSPS) is 11.9. The van der Waals surface area contributed by atoms with E-state index < -0.39 is 0 Å². The molecule has 1 aromatic rings. The summed E-state index contributed by atoms with van der Waals surface area (Å²) < 4.78 is 0. The summed E-state index contributed by atoms with van der Waals surface area (Å²) in [4.78, 5) is 15.5. The molecule has 0 bridgehead atoms. The van der Waals surface area contributed by atoms with Gasteiger partial charge in [0.1, 0.15) is 0 Å². The Morgan fingerprint density at radius 2 is 1.95 bits per heavy atom. The zero-order valence-electron chi connectivity index (χ0n) is 11.6. The number of nitrogens with two attached hydrogens (primary N) is 1. The Morgan fingerprint density at radius 3 is 2.47 bits per heavy atom. The Hall–Kier alpha value is -2.06. The lowest BCUT2D eigenvalue weighted by Gasteiger charge is -2.22. The number of nitrogens with zero attached hydrogens (tertiary/aromatic N) is 3. The molecule has 0 heterocycles. The molecular weight excluding hydrogens is 240 g/mol. The standard InChI is InChI=1S/C14H20N4O/c1-11(8-15)9-17(2)10-14(19)18(3)13-6-4-12(16)5-7-13/h4-7,11H,9-10,16H2,1-3H3. The SMILES string of the molecule is CC(C#N)CN(C)CC(=O)N(C)c1ccc(N)cc1. The monoisotopic (exact) mass is 260 g/mol. The van der Waals surface area contributed by atoms with Gasteiger partial charge < -0.3 is 10.6 Å². The lowest BCUT2D eigenvalue weighted by atomic mass is 10.2. The molecule has 1 atom stereocenters. The third-order valence-electron chi connectivity index (χ3n) is 2.87. The average Bonchev–Trinajstić information content (AvgIpc) is 2.38. The van der Waals surface area contributed by atoms with Crippen molar-refractivity contribution in [2.24, 2.45) is 5.92 Å². The maximum Gasteiger partial charge on any atom is 0.240 e. The van der Waals surface area contributed by atoms with Crippen LogP contribution in [0.5, 0.6) is 0 Å². The number of hydrogen-bond acceptors (Lipinski definition) is 4. The highest BCUT2D eigenvalue weighted by molar-refractivity contribution is 5.94. The van der Waals surface area contributed by atoms with Gasteiger partial charge in [-0.25, -0.2) is 0 Å². The van der Waals surface area contributed by atoms with Crippen molar-refractivity contribution in [1.82, 2.24) is 4.90 Å². The lowest BCUT2D eigenvalue weighted by Crippen LogP contribution is -2.38. The molecule has 1 amide bonds. The first kappa shape index (κ1) is 15.0. The summed E-state index contributed by atoms with van der Waals surface area (Å²) in [6.45, 7) is 2.70. The molecular formula is C14H20N4O. The highest BCUT2D eigenvalue weighted by Gasteiger charge is 2.14. The Kier molecular flexibility index (Phi) is 5.34. The third kappa shape index (κ3) is 4.60. The Morgan fingerprint density at radius 1 is 1.37 bits per heavy atom. The second-order valence-corrected chi connectivity index (χ2v) is 4.77. The topological polar surface area (TPSA) is 73.4 Å². The van der Waals surface area contributed by atoms with Gasteiger partial charge in [-0.3, -0.25) is 9.69 Å². The molecule has 0 aliphatic rings. The van der Waals surface area contributed by atoms with Crippen molar-refractivity contribution in [2.45, 2.75) is 6.92 Å². The minimum Gasteiger partial charge on any atom is -0.399 e. The van der Waals surface area contributed by atoms with Crippen LogP contribution < -0.4 is 10.6 Å². The van der Waals surface area contributed by atoms with Gasteiger partial charge >= 0.3 is 0 Å². The van der Waals surface area contributed by atoms with E-state index in [0.717, 1.165) is 5.69 Å². The highest BCUT2D eigenvalue weighted by atomic mass is 16.2. The largest absolute Gasteiger partial charge is 0.399 e. The molecule has 0 aliphatic carbocycles. The molecule has 19 heavy (non-hydrogen) atoms. The van der Waals surface area contributed by atoms with Crippen molar-refractivity contribution in [2.75, 3.05) is 37.8 Å². The first-order chi connectivity index (χ1) is 8.93. The van der Waals surface area contributed by atoms with Crippen molar-refractivity contribution in [1.29, 1.82) is 5.26 Å². The third-order valence-corrected chi connectivity index (χ3v) is 2.87. The van der Waals surface area contributed by atoms with Gasteiger partial charge in [-0.1, -0.05) is 0 Å². The van der Waals surface area contributed by atoms with Crippen molar-refractivity contribution < 1.29 is 4.79 Å². The fraction of sp³-hybridized carbons (Fsp3) is 0.429. The number of carbonyl (C=O) groups is 1. The molecule has 0 spiro atoms. The number of anilines is 2. The second-order valence-electron chi connectivity index (χ2n) is 4.77. The highest BCUT2D eigenvalue weighted by Crippen LogP contribution is 2.15. The zero-order valence-corrected chi connectivity index (χ0v) is 11.6.